The number of aromatic nitrogens is 1. The standard InChI is InChI=1S/C19H20N2O3/c1-11-7-17(23-3)18(24-4)10-15(11)16-9-12-8-13(22-2)5-6-14(12)19(20)21-16/h5-10H,1-4H3,(H2,20,21). The lowest BCUT2D eigenvalue weighted by atomic mass is 10.0. The third-order valence-corrected chi connectivity index (χ3v) is 4.07. The average Bonchev–Trinajstić information content (AvgIpc) is 2.60. The number of pyridine rings is 1. The lowest BCUT2D eigenvalue weighted by Gasteiger charge is -2.14. The van der Waals surface area contributed by atoms with Crippen molar-refractivity contribution < 1.29 is 14.2 Å². The molecular formula is C19H20N2O3. The van der Waals surface area contributed by atoms with E-state index in [1.54, 1.807) is 21.3 Å². The maximum Gasteiger partial charge on any atom is 0.161 e. The second kappa shape index (κ2) is 6.28. The molecule has 0 fully saturated rings. The Hall–Kier alpha value is -2.95. The number of nitrogen functional groups attached to an aromatic ring is 1. The highest BCUT2D eigenvalue weighted by Gasteiger charge is 2.13. The van der Waals surface area contributed by atoms with E-state index in [1.165, 1.54) is 0 Å². The minimum absolute atomic E-state index is 0.485. The maximum absolute atomic E-state index is 6.15. The number of aryl methyl sites for hydroxylation is 1. The largest absolute Gasteiger partial charge is 0.497 e. The van der Waals surface area contributed by atoms with Crippen molar-refractivity contribution in [1.29, 1.82) is 0 Å². The van der Waals surface area contributed by atoms with Crippen LogP contribution in [0.4, 0.5) is 5.82 Å². The predicted molar refractivity (Wildman–Crippen MR) is 96.0 cm³/mol. The van der Waals surface area contributed by atoms with Crippen molar-refractivity contribution >= 4 is 16.6 Å². The third kappa shape index (κ3) is 2.69. The summed E-state index contributed by atoms with van der Waals surface area (Å²) in [5.74, 6) is 2.61. The second-order valence-corrected chi connectivity index (χ2v) is 5.50. The molecule has 1 heterocycles. The van der Waals surface area contributed by atoms with E-state index in [4.69, 9.17) is 19.9 Å². The molecule has 3 aromatic rings. The predicted octanol–water partition coefficient (Wildman–Crippen LogP) is 3.82. The first-order chi connectivity index (χ1) is 11.6. The average molecular weight is 324 g/mol. The summed E-state index contributed by atoms with van der Waals surface area (Å²) >= 11 is 0. The van der Waals surface area contributed by atoms with Crippen molar-refractivity contribution in [2.75, 3.05) is 27.1 Å². The highest BCUT2D eigenvalue weighted by molar-refractivity contribution is 5.94. The van der Waals surface area contributed by atoms with E-state index in [-0.39, 0.29) is 0 Å². The van der Waals surface area contributed by atoms with Gasteiger partial charge in [0.15, 0.2) is 11.5 Å². The molecule has 0 radical (unpaired) electrons. The molecular weight excluding hydrogens is 304 g/mol. The van der Waals surface area contributed by atoms with Crippen LogP contribution in [0.25, 0.3) is 22.0 Å². The second-order valence-electron chi connectivity index (χ2n) is 5.50. The van der Waals surface area contributed by atoms with E-state index in [9.17, 15) is 0 Å². The van der Waals surface area contributed by atoms with Crippen LogP contribution < -0.4 is 19.9 Å². The van der Waals surface area contributed by atoms with Crippen LogP contribution in [-0.4, -0.2) is 26.3 Å². The Balaban J connectivity index is 2.22. The van der Waals surface area contributed by atoms with Crippen molar-refractivity contribution in [3.8, 4) is 28.5 Å². The zero-order chi connectivity index (χ0) is 17.3. The Labute approximate surface area is 141 Å². The number of anilines is 1. The molecule has 0 atom stereocenters. The van der Waals surface area contributed by atoms with Gasteiger partial charge in [-0.1, -0.05) is 0 Å². The Kier molecular flexibility index (Phi) is 4.16. The van der Waals surface area contributed by atoms with Crippen molar-refractivity contribution in [3.63, 3.8) is 0 Å². The molecule has 0 unspecified atom stereocenters. The molecule has 124 valence electrons. The van der Waals surface area contributed by atoms with E-state index in [0.29, 0.717) is 17.3 Å². The minimum atomic E-state index is 0.485. The van der Waals surface area contributed by atoms with E-state index < -0.39 is 0 Å². The van der Waals surface area contributed by atoms with Crippen LogP contribution in [0.1, 0.15) is 5.56 Å². The summed E-state index contributed by atoms with van der Waals surface area (Å²) in [5, 5.41) is 1.88. The molecule has 1 aromatic heterocycles. The lowest BCUT2D eigenvalue weighted by Crippen LogP contribution is -1.98. The van der Waals surface area contributed by atoms with Crippen molar-refractivity contribution in [3.05, 3.63) is 42.0 Å². The van der Waals surface area contributed by atoms with Crippen LogP contribution in [0.2, 0.25) is 0 Å². The van der Waals surface area contributed by atoms with Gasteiger partial charge in [0.25, 0.3) is 0 Å². The normalized spacial score (nSPS) is 10.7. The number of methoxy groups -OCH3 is 3. The number of benzene rings is 2. The molecule has 24 heavy (non-hydrogen) atoms. The summed E-state index contributed by atoms with van der Waals surface area (Å²) in [4.78, 5) is 4.56. The summed E-state index contributed by atoms with van der Waals surface area (Å²) < 4.78 is 16.0. The number of hydrogen-bond donors (Lipinski definition) is 1. The summed E-state index contributed by atoms with van der Waals surface area (Å²) in [6.07, 6.45) is 0. The lowest BCUT2D eigenvalue weighted by molar-refractivity contribution is 0.355. The summed E-state index contributed by atoms with van der Waals surface area (Å²) in [6, 6.07) is 11.6. The monoisotopic (exact) mass is 324 g/mol. The summed E-state index contributed by atoms with van der Waals surface area (Å²) in [6.45, 7) is 2.00. The van der Waals surface area contributed by atoms with Crippen molar-refractivity contribution in [1.82, 2.24) is 4.98 Å². The van der Waals surface area contributed by atoms with Gasteiger partial charge in [-0.2, -0.15) is 0 Å². The fourth-order valence-electron chi connectivity index (χ4n) is 2.78. The van der Waals surface area contributed by atoms with Crippen molar-refractivity contribution in [2.45, 2.75) is 6.92 Å². The maximum atomic E-state index is 6.15. The van der Waals surface area contributed by atoms with Gasteiger partial charge < -0.3 is 19.9 Å². The molecule has 3 rings (SSSR count). The van der Waals surface area contributed by atoms with Gasteiger partial charge in [-0.05, 0) is 54.3 Å². The van der Waals surface area contributed by atoms with E-state index in [0.717, 1.165) is 33.3 Å². The first kappa shape index (κ1) is 15.9. The molecule has 0 saturated heterocycles. The Bertz CT molecular complexity index is 907. The van der Waals surface area contributed by atoms with E-state index in [2.05, 4.69) is 4.98 Å². The van der Waals surface area contributed by atoms with E-state index in [1.807, 2.05) is 43.3 Å². The highest BCUT2D eigenvalue weighted by atomic mass is 16.5. The number of nitrogens with zero attached hydrogens (tertiary/aromatic N) is 1. The molecule has 2 aromatic carbocycles. The van der Waals surface area contributed by atoms with Crippen molar-refractivity contribution in [2.24, 2.45) is 0 Å². The van der Waals surface area contributed by atoms with Gasteiger partial charge in [0.1, 0.15) is 11.6 Å². The van der Waals surface area contributed by atoms with Crippen LogP contribution in [0, 0.1) is 6.92 Å². The van der Waals surface area contributed by atoms with Gasteiger partial charge in [-0.25, -0.2) is 4.98 Å². The van der Waals surface area contributed by atoms with Gasteiger partial charge in [-0.3, -0.25) is 0 Å². The molecule has 5 heteroatoms. The Morgan fingerprint density at radius 1 is 0.875 bits per heavy atom. The van der Waals surface area contributed by atoms with Gasteiger partial charge in [0, 0.05) is 10.9 Å². The SMILES string of the molecule is COc1ccc2c(N)nc(-c3cc(OC)c(OC)cc3C)cc2c1. The molecule has 0 saturated carbocycles. The zero-order valence-corrected chi connectivity index (χ0v) is 14.2. The van der Waals surface area contributed by atoms with Crippen LogP contribution in [0.3, 0.4) is 0 Å². The molecule has 0 spiro atoms. The number of hydrogen-bond acceptors (Lipinski definition) is 5. The smallest absolute Gasteiger partial charge is 0.161 e. The molecule has 5 nitrogen and oxygen atoms in total. The fraction of sp³-hybridized carbons (Fsp3) is 0.211. The molecule has 0 aliphatic carbocycles. The van der Waals surface area contributed by atoms with Gasteiger partial charge in [-0.15, -0.1) is 0 Å². The molecule has 0 amide bonds. The van der Waals surface area contributed by atoms with Crippen LogP contribution >= 0.6 is 0 Å². The fourth-order valence-corrected chi connectivity index (χ4v) is 2.78. The molecule has 0 bridgehead atoms. The number of nitrogens with two attached hydrogens (primary N) is 1. The van der Waals surface area contributed by atoms with Crippen LogP contribution in [0.15, 0.2) is 36.4 Å². The molecule has 0 aliphatic heterocycles. The van der Waals surface area contributed by atoms with Gasteiger partial charge in [0.2, 0.25) is 0 Å². The Morgan fingerprint density at radius 2 is 1.58 bits per heavy atom. The molecule has 0 aliphatic rings. The third-order valence-electron chi connectivity index (χ3n) is 4.07. The first-order valence-electron chi connectivity index (χ1n) is 7.54. The number of ether oxygens (including phenoxy) is 3. The number of fused-ring (bicyclic) bond motifs is 1. The summed E-state index contributed by atoms with van der Waals surface area (Å²) in [7, 11) is 4.88. The molecule has 2 N–H and O–H groups in total. The van der Waals surface area contributed by atoms with E-state index >= 15 is 0 Å². The topological polar surface area (TPSA) is 66.6 Å². The quantitative estimate of drug-likeness (QED) is 0.790. The number of rotatable bonds is 4. The summed E-state index contributed by atoms with van der Waals surface area (Å²) in [5.41, 5.74) is 8.92. The van der Waals surface area contributed by atoms with Crippen LogP contribution in [0.5, 0.6) is 17.2 Å². The highest BCUT2D eigenvalue weighted by Crippen LogP contribution is 2.36. The first-order valence-corrected chi connectivity index (χ1v) is 7.54. The minimum Gasteiger partial charge on any atom is -0.497 e. The van der Waals surface area contributed by atoms with Gasteiger partial charge in [0.05, 0.1) is 27.0 Å². The van der Waals surface area contributed by atoms with Gasteiger partial charge >= 0.3 is 0 Å². The Morgan fingerprint density at radius 3 is 2.25 bits per heavy atom. The zero-order valence-electron chi connectivity index (χ0n) is 14.2. The van der Waals surface area contributed by atoms with Crippen LogP contribution in [-0.2, 0) is 0 Å².